The van der Waals surface area contributed by atoms with Crippen LogP contribution in [0.4, 0.5) is 5.82 Å². The summed E-state index contributed by atoms with van der Waals surface area (Å²) in [6.45, 7) is 6.83. The minimum atomic E-state index is -0.485. The molecule has 16 heavy (non-hydrogen) atoms. The molecule has 0 saturated carbocycles. The molecule has 1 amide bonds. The number of rotatable bonds is 2. The van der Waals surface area contributed by atoms with E-state index in [9.17, 15) is 9.59 Å². The van der Waals surface area contributed by atoms with Crippen LogP contribution in [0.5, 0.6) is 0 Å². The normalized spacial score (nSPS) is 11.0. The van der Waals surface area contributed by atoms with Gasteiger partial charge in [-0.25, -0.2) is 9.97 Å². The molecule has 1 rings (SSSR count). The molecule has 0 aromatic carbocycles. The standard InChI is InChI=1S/C11H15N3O2/c1-7(15)8-5-13-9(6-12-8)14-10(16)11(2,3)4/h5-6H,1-4H3,(H,13,14,16). The summed E-state index contributed by atoms with van der Waals surface area (Å²) in [5, 5.41) is 2.62. The first-order valence-electron chi connectivity index (χ1n) is 4.95. The molecule has 1 N–H and O–H groups in total. The average Bonchev–Trinajstić information content (AvgIpc) is 2.17. The number of hydrogen-bond donors (Lipinski definition) is 1. The van der Waals surface area contributed by atoms with Crippen molar-refractivity contribution in [3.63, 3.8) is 0 Å². The highest BCUT2D eigenvalue weighted by atomic mass is 16.2. The Bertz CT molecular complexity index is 404. The van der Waals surface area contributed by atoms with Gasteiger partial charge < -0.3 is 5.32 Å². The predicted molar refractivity (Wildman–Crippen MR) is 60.1 cm³/mol. The Morgan fingerprint density at radius 2 is 1.81 bits per heavy atom. The Kier molecular flexibility index (Phi) is 3.37. The van der Waals surface area contributed by atoms with Crippen molar-refractivity contribution in [1.82, 2.24) is 9.97 Å². The van der Waals surface area contributed by atoms with E-state index >= 15 is 0 Å². The molecule has 0 spiro atoms. The van der Waals surface area contributed by atoms with Crippen molar-refractivity contribution in [1.29, 1.82) is 0 Å². The summed E-state index contributed by atoms with van der Waals surface area (Å²) < 4.78 is 0. The monoisotopic (exact) mass is 221 g/mol. The van der Waals surface area contributed by atoms with Gasteiger partial charge in [0.1, 0.15) is 5.69 Å². The first kappa shape index (κ1) is 12.3. The summed E-state index contributed by atoms with van der Waals surface area (Å²) in [5.74, 6) is 0.0588. The highest BCUT2D eigenvalue weighted by molar-refractivity contribution is 5.94. The molecule has 0 saturated heterocycles. The summed E-state index contributed by atoms with van der Waals surface area (Å²) in [4.78, 5) is 30.4. The van der Waals surface area contributed by atoms with Crippen molar-refractivity contribution >= 4 is 17.5 Å². The first-order chi connectivity index (χ1) is 7.30. The number of aromatic nitrogens is 2. The molecule has 1 aromatic rings. The van der Waals surface area contributed by atoms with Gasteiger partial charge >= 0.3 is 0 Å². The van der Waals surface area contributed by atoms with E-state index < -0.39 is 5.41 Å². The largest absolute Gasteiger partial charge is 0.309 e. The second kappa shape index (κ2) is 4.38. The van der Waals surface area contributed by atoms with Gasteiger partial charge in [-0.05, 0) is 0 Å². The molecule has 0 atom stereocenters. The van der Waals surface area contributed by atoms with Gasteiger partial charge in [0.15, 0.2) is 11.6 Å². The molecular formula is C11H15N3O2. The third-order valence-corrected chi connectivity index (χ3v) is 1.94. The molecule has 5 heteroatoms. The van der Waals surface area contributed by atoms with Crippen molar-refractivity contribution < 1.29 is 9.59 Å². The molecular weight excluding hydrogens is 206 g/mol. The number of nitrogens with zero attached hydrogens (tertiary/aromatic N) is 2. The second-order valence-electron chi connectivity index (χ2n) is 4.55. The van der Waals surface area contributed by atoms with E-state index in [2.05, 4.69) is 15.3 Å². The van der Waals surface area contributed by atoms with Crippen molar-refractivity contribution in [3.8, 4) is 0 Å². The smallest absolute Gasteiger partial charge is 0.230 e. The molecule has 0 aliphatic rings. The fraction of sp³-hybridized carbons (Fsp3) is 0.455. The zero-order chi connectivity index (χ0) is 12.3. The number of carbonyl (C=O) groups excluding carboxylic acids is 2. The summed E-state index contributed by atoms with van der Waals surface area (Å²) in [6.07, 6.45) is 2.72. The van der Waals surface area contributed by atoms with E-state index in [1.54, 1.807) is 20.8 Å². The third-order valence-electron chi connectivity index (χ3n) is 1.94. The van der Waals surface area contributed by atoms with Crippen LogP contribution in [0.1, 0.15) is 38.2 Å². The minimum Gasteiger partial charge on any atom is -0.309 e. The quantitative estimate of drug-likeness (QED) is 0.771. The molecule has 0 fully saturated rings. The maximum absolute atomic E-state index is 11.6. The van der Waals surface area contributed by atoms with Gasteiger partial charge in [-0.1, -0.05) is 20.8 Å². The first-order valence-corrected chi connectivity index (χ1v) is 4.95. The lowest BCUT2D eigenvalue weighted by Crippen LogP contribution is -2.28. The maximum Gasteiger partial charge on any atom is 0.230 e. The Labute approximate surface area is 94.3 Å². The molecule has 1 aromatic heterocycles. The summed E-state index contributed by atoms with van der Waals surface area (Å²) in [7, 11) is 0. The number of hydrogen-bond acceptors (Lipinski definition) is 4. The number of carbonyl (C=O) groups is 2. The minimum absolute atomic E-state index is 0.141. The molecule has 86 valence electrons. The zero-order valence-corrected chi connectivity index (χ0v) is 9.87. The van der Waals surface area contributed by atoms with Crippen LogP contribution in [0.2, 0.25) is 0 Å². The summed E-state index contributed by atoms with van der Waals surface area (Å²) in [6, 6.07) is 0. The Balaban J connectivity index is 2.77. The highest BCUT2D eigenvalue weighted by Crippen LogP contribution is 2.15. The van der Waals surface area contributed by atoms with E-state index in [1.807, 2.05) is 0 Å². The van der Waals surface area contributed by atoms with E-state index in [1.165, 1.54) is 19.3 Å². The molecule has 5 nitrogen and oxygen atoms in total. The van der Waals surface area contributed by atoms with Crippen LogP contribution < -0.4 is 5.32 Å². The SMILES string of the molecule is CC(=O)c1cnc(NC(=O)C(C)(C)C)cn1. The Hall–Kier alpha value is -1.78. The van der Waals surface area contributed by atoms with Gasteiger partial charge in [0, 0.05) is 12.3 Å². The van der Waals surface area contributed by atoms with Gasteiger partial charge in [0.2, 0.25) is 5.91 Å². The van der Waals surface area contributed by atoms with Crippen molar-refractivity contribution in [2.75, 3.05) is 5.32 Å². The second-order valence-corrected chi connectivity index (χ2v) is 4.55. The number of nitrogens with one attached hydrogen (secondary N) is 1. The van der Waals surface area contributed by atoms with E-state index in [-0.39, 0.29) is 17.4 Å². The van der Waals surface area contributed by atoms with Gasteiger partial charge in [-0.3, -0.25) is 9.59 Å². The van der Waals surface area contributed by atoms with Gasteiger partial charge in [0.05, 0.1) is 12.4 Å². The van der Waals surface area contributed by atoms with Crippen LogP contribution >= 0.6 is 0 Å². The molecule has 0 aliphatic carbocycles. The van der Waals surface area contributed by atoms with E-state index in [0.717, 1.165) is 0 Å². The third kappa shape index (κ3) is 3.12. The van der Waals surface area contributed by atoms with Crippen LogP contribution in [-0.2, 0) is 4.79 Å². The van der Waals surface area contributed by atoms with Gasteiger partial charge in [0.25, 0.3) is 0 Å². The van der Waals surface area contributed by atoms with Crippen molar-refractivity contribution in [3.05, 3.63) is 18.1 Å². The lowest BCUT2D eigenvalue weighted by atomic mass is 9.96. The molecule has 0 radical (unpaired) electrons. The molecule has 0 aliphatic heterocycles. The average molecular weight is 221 g/mol. The summed E-state index contributed by atoms with van der Waals surface area (Å²) >= 11 is 0. The highest BCUT2D eigenvalue weighted by Gasteiger charge is 2.21. The number of ketones is 1. The van der Waals surface area contributed by atoms with Gasteiger partial charge in [-0.2, -0.15) is 0 Å². The summed E-state index contributed by atoms with van der Waals surface area (Å²) in [5.41, 5.74) is -0.199. The van der Waals surface area contributed by atoms with Crippen LogP contribution in [0.3, 0.4) is 0 Å². The number of amides is 1. The fourth-order valence-corrected chi connectivity index (χ4v) is 0.878. The van der Waals surface area contributed by atoms with E-state index in [0.29, 0.717) is 5.82 Å². The van der Waals surface area contributed by atoms with Crippen LogP contribution in [-0.4, -0.2) is 21.7 Å². The topological polar surface area (TPSA) is 72.0 Å². The molecule has 1 heterocycles. The molecule has 0 unspecified atom stereocenters. The fourth-order valence-electron chi connectivity index (χ4n) is 0.878. The van der Waals surface area contributed by atoms with E-state index in [4.69, 9.17) is 0 Å². The van der Waals surface area contributed by atoms with Crippen molar-refractivity contribution in [2.24, 2.45) is 5.41 Å². The number of anilines is 1. The van der Waals surface area contributed by atoms with Crippen LogP contribution in [0.25, 0.3) is 0 Å². The lowest BCUT2D eigenvalue weighted by molar-refractivity contribution is -0.123. The van der Waals surface area contributed by atoms with Gasteiger partial charge in [-0.15, -0.1) is 0 Å². The van der Waals surface area contributed by atoms with Crippen LogP contribution in [0.15, 0.2) is 12.4 Å². The Morgan fingerprint density at radius 3 is 2.19 bits per heavy atom. The lowest BCUT2D eigenvalue weighted by Gasteiger charge is -2.16. The maximum atomic E-state index is 11.6. The number of Topliss-reactive ketones (excluding diaryl/α,β-unsaturated/α-hetero) is 1. The predicted octanol–water partition coefficient (Wildman–Crippen LogP) is 1.66. The van der Waals surface area contributed by atoms with Crippen LogP contribution in [0, 0.1) is 5.41 Å². The molecule has 0 bridgehead atoms. The van der Waals surface area contributed by atoms with Crippen molar-refractivity contribution in [2.45, 2.75) is 27.7 Å². The Morgan fingerprint density at radius 1 is 1.19 bits per heavy atom. The zero-order valence-electron chi connectivity index (χ0n) is 9.87.